The maximum atomic E-state index is 12.7. The highest BCUT2D eigenvalue weighted by Gasteiger charge is 2.22. The summed E-state index contributed by atoms with van der Waals surface area (Å²) in [5.74, 6) is 1.91. The smallest absolute Gasteiger partial charge is 0.272 e. The van der Waals surface area contributed by atoms with Gasteiger partial charge in [-0.3, -0.25) is 4.79 Å². The molecular formula is C18H23N5O2. The summed E-state index contributed by atoms with van der Waals surface area (Å²) >= 11 is 0. The molecule has 0 radical (unpaired) electrons. The quantitative estimate of drug-likeness (QED) is 0.916. The molecule has 3 rings (SSSR count). The standard InChI is InChI=1S/C18H23N5O2/c1-13-19-16(18(24)23-10-8-22(2)9-11-23)12-17(20-13)21-14-4-6-15(25-3)7-5-14/h4-7,12H,8-11H2,1-3H3,(H,19,20,21). The van der Waals surface area contributed by atoms with Crippen molar-refractivity contribution in [2.75, 3.05) is 45.7 Å². The van der Waals surface area contributed by atoms with Gasteiger partial charge in [-0.15, -0.1) is 0 Å². The molecule has 1 fully saturated rings. The van der Waals surface area contributed by atoms with Crippen LogP contribution in [0.25, 0.3) is 0 Å². The Kier molecular flexibility index (Phi) is 5.14. The third-order valence-electron chi connectivity index (χ3n) is 4.21. The number of amides is 1. The Bertz CT molecular complexity index is 740. The second-order valence-corrected chi connectivity index (χ2v) is 6.13. The number of benzene rings is 1. The van der Waals surface area contributed by atoms with E-state index in [9.17, 15) is 4.79 Å². The minimum absolute atomic E-state index is 0.0450. The van der Waals surface area contributed by atoms with Gasteiger partial charge in [0.25, 0.3) is 5.91 Å². The first-order chi connectivity index (χ1) is 12.0. The molecule has 0 spiro atoms. The van der Waals surface area contributed by atoms with Crippen LogP contribution in [0.2, 0.25) is 0 Å². The number of hydrogen-bond donors (Lipinski definition) is 1. The highest BCUT2D eigenvalue weighted by atomic mass is 16.5. The van der Waals surface area contributed by atoms with Gasteiger partial charge >= 0.3 is 0 Å². The van der Waals surface area contributed by atoms with Crippen LogP contribution in [-0.4, -0.2) is 66.0 Å². The largest absolute Gasteiger partial charge is 0.497 e. The molecule has 1 aliphatic rings. The van der Waals surface area contributed by atoms with Crippen molar-refractivity contribution in [1.82, 2.24) is 19.8 Å². The van der Waals surface area contributed by atoms with Crippen molar-refractivity contribution in [3.63, 3.8) is 0 Å². The fourth-order valence-electron chi connectivity index (χ4n) is 2.74. The molecule has 2 aromatic rings. The number of carbonyl (C=O) groups is 1. The van der Waals surface area contributed by atoms with Crippen molar-refractivity contribution in [1.29, 1.82) is 0 Å². The van der Waals surface area contributed by atoms with Crippen LogP contribution in [0.3, 0.4) is 0 Å². The van der Waals surface area contributed by atoms with Gasteiger partial charge in [0, 0.05) is 37.9 Å². The number of nitrogens with zero attached hydrogens (tertiary/aromatic N) is 4. The maximum absolute atomic E-state index is 12.7. The topological polar surface area (TPSA) is 70.6 Å². The molecule has 7 heteroatoms. The molecule has 1 aromatic carbocycles. The number of anilines is 2. The Labute approximate surface area is 147 Å². The van der Waals surface area contributed by atoms with Gasteiger partial charge in [0.2, 0.25) is 0 Å². The molecule has 7 nitrogen and oxygen atoms in total. The van der Waals surface area contributed by atoms with Crippen LogP contribution in [0.15, 0.2) is 30.3 Å². The lowest BCUT2D eigenvalue weighted by molar-refractivity contribution is 0.0658. The molecule has 0 bridgehead atoms. The van der Waals surface area contributed by atoms with E-state index in [0.29, 0.717) is 17.3 Å². The Balaban J connectivity index is 1.76. The molecule has 1 aliphatic heterocycles. The lowest BCUT2D eigenvalue weighted by Crippen LogP contribution is -2.47. The first-order valence-corrected chi connectivity index (χ1v) is 8.30. The van der Waals surface area contributed by atoms with Crippen LogP contribution in [0.4, 0.5) is 11.5 Å². The van der Waals surface area contributed by atoms with Crippen LogP contribution in [0, 0.1) is 6.92 Å². The molecule has 0 saturated carbocycles. The van der Waals surface area contributed by atoms with Crippen LogP contribution in [0.5, 0.6) is 5.75 Å². The number of nitrogens with one attached hydrogen (secondary N) is 1. The molecule has 0 unspecified atom stereocenters. The van der Waals surface area contributed by atoms with E-state index in [4.69, 9.17) is 4.74 Å². The van der Waals surface area contributed by atoms with Crippen LogP contribution >= 0.6 is 0 Å². The summed E-state index contributed by atoms with van der Waals surface area (Å²) in [4.78, 5) is 25.5. The number of rotatable bonds is 4. The first kappa shape index (κ1) is 17.2. The number of hydrogen-bond acceptors (Lipinski definition) is 6. The minimum atomic E-state index is -0.0450. The van der Waals surface area contributed by atoms with E-state index < -0.39 is 0 Å². The number of methoxy groups -OCH3 is 1. The van der Waals surface area contributed by atoms with Crippen LogP contribution in [-0.2, 0) is 0 Å². The number of piperazine rings is 1. The molecule has 0 atom stereocenters. The lowest BCUT2D eigenvalue weighted by Gasteiger charge is -2.32. The Hall–Kier alpha value is -2.67. The molecule has 0 aliphatic carbocycles. The van der Waals surface area contributed by atoms with Gasteiger partial charge < -0.3 is 19.9 Å². The fourth-order valence-corrected chi connectivity index (χ4v) is 2.74. The zero-order chi connectivity index (χ0) is 17.8. The second-order valence-electron chi connectivity index (χ2n) is 6.13. The Morgan fingerprint density at radius 1 is 1.12 bits per heavy atom. The van der Waals surface area contributed by atoms with Crippen molar-refractivity contribution in [2.45, 2.75) is 6.92 Å². The summed E-state index contributed by atoms with van der Waals surface area (Å²) in [6, 6.07) is 9.24. The summed E-state index contributed by atoms with van der Waals surface area (Å²) in [6.07, 6.45) is 0. The van der Waals surface area contributed by atoms with Crippen LogP contribution in [0.1, 0.15) is 16.3 Å². The average Bonchev–Trinajstić information content (AvgIpc) is 2.62. The predicted octanol–water partition coefficient (Wildman–Crippen LogP) is 1.92. The van der Waals surface area contributed by atoms with Gasteiger partial charge in [-0.05, 0) is 38.2 Å². The zero-order valence-corrected chi connectivity index (χ0v) is 14.8. The Morgan fingerprint density at radius 2 is 1.80 bits per heavy atom. The highest BCUT2D eigenvalue weighted by Crippen LogP contribution is 2.19. The van der Waals surface area contributed by atoms with Crippen molar-refractivity contribution in [3.05, 3.63) is 41.9 Å². The summed E-state index contributed by atoms with van der Waals surface area (Å²) in [5, 5.41) is 3.22. The zero-order valence-electron chi connectivity index (χ0n) is 14.8. The molecule has 1 aromatic heterocycles. The van der Waals surface area contributed by atoms with E-state index in [0.717, 1.165) is 37.6 Å². The lowest BCUT2D eigenvalue weighted by atomic mass is 10.2. The third kappa shape index (κ3) is 4.24. The first-order valence-electron chi connectivity index (χ1n) is 8.30. The van der Waals surface area contributed by atoms with Crippen molar-refractivity contribution < 1.29 is 9.53 Å². The number of aryl methyl sites for hydroxylation is 1. The predicted molar refractivity (Wildman–Crippen MR) is 96.4 cm³/mol. The van der Waals surface area contributed by atoms with Crippen molar-refractivity contribution in [2.24, 2.45) is 0 Å². The van der Waals surface area contributed by atoms with Gasteiger partial charge in [-0.25, -0.2) is 9.97 Å². The van der Waals surface area contributed by atoms with Gasteiger partial charge in [0.1, 0.15) is 23.1 Å². The molecule has 1 amide bonds. The number of aromatic nitrogens is 2. The second kappa shape index (κ2) is 7.48. The number of carbonyl (C=O) groups excluding carboxylic acids is 1. The van der Waals surface area contributed by atoms with Crippen LogP contribution < -0.4 is 10.1 Å². The van der Waals surface area contributed by atoms with E-state index in [1.54, 1.807) is 20.1 Å². The van der Waals surface area contributed by atoms with Gasteiger partial charge in [0.05, 0.1) is 7.11 Å². The van der Waals surface area contributed by atoms with E-state index in [1.807, 2.05) is 29.2 Å². The number of ether oxygens (including phenoxy) is 1. The summed E-state index contributed by atoms with van der Waals surface area (Å²) in [6.45, 7) is 5.00. The molecule has 2 heterocycles. The summed E-state index contributed by atoms with van der Waals surface area (Å²) in [5.41, 5.74) is 1.30. The average molecular weight is 341 g/mol. The normalized spacial score (nSPS) is 15.1. The SMILES string of the molecule is COc1ccc(Nc2cc(C(=O)N3CCN(C)CC3)nc(C)n2)cc1. The number of likely N-dealkylation sites (N-methyl/N-ethyl adjacent to an activating group) is 1. The van der Waals surface area contributed by atoms with Gasteiger partial charge in [-0.1, -0.05) is 0 Å². The summed E-state index contributed by atoms with van der Waals surface area (Å²) in [7, 11) is 3.69. The van der Waals surface area contributed by atoms with E-state index in [1.165, 1.54) is 0 Å². The van der Waals surface area contributed by atoms with Gasteiger partial charge in [-0.2, -0.15) is 0 Å². The van der Waals surface area contributed by atoms with E-state index >= 15 is 0 Å². The molecule has 25 heavy (non-hydrogen) atoms. The third-order valence-corrected chi connectivity index (χ3v) is 4.21. The van der Waals surface area contributed by atoms with Crippen molar-refractivity contribution >= 4 is 17.4 Å². The summed E-state index contributed by atoms with van der Waals surface area (Å²) < 4.78 is 5.16. The maximum Gasteiger partial charge on any atom is 0.272 e. The molecule has 1 saturated heterocycles. The van der Waals surface area contributed by atoms with Crippen molar-refractivity contribution in [3.8, 4) is 5.75 Å². The van der Waals surface area contributed by atoms with Gasteiger partial charge in [0.15, 0.2) is 0 Å². The molecule has 1 N–H and O–H groups in total. The van der Waals surface area contributed by atoms with E-state index in [-0.39, 0.29) is 5.91 Å². The monoisotopic (exact) mass is 341 g/mol. The highest BCUT2D eigenvalue weighted by molar-refractivity contribution is 5.93. The molecular weight excluding hydrogens is 318 g/mol. The fraction of sp³-hybridized carbons (Fsp3) is 0.389. The minimum Gasteiger partial charge on any atom is -0.497 e. The molecule has 132 valence electrons. The Morgan fingerprint density at radius 3 is 2.44 bits per heavy atom. The van der Waals surface area contributed by atoms with E-state index in [2.05, 4.69) is 27.2 Å².